The SMILES string of the molecule is CCC(=O)Nc1ccc(NCC(=O)Nc2ccccc2C(N)=O)cc1. The van der Waals surface area contributed by atoms with Crippen molar-refractivity contribution >= 4 is 34.8 Å². The van der Waals surface area contributed by atoms with Gasteiger partial charge in [-0.1, -0.05) is 19.1 Å². The highest BCUT2D eigenvalue weighted by Crippen LogP contribution is 2.15. The molecule has 7 nitrogen and oxygen atoms in total. The third-order valence-electron chi connectivity index (χ3n) is 3.41. The Hall–Kier alpha value is -3.35. The van der Waals surface area contributed by atoms with Crippen molar-refractivity contribution in [2.24, 2.45) is 5.73 Å². The molecule has 0 aliphatic heterocycles. The Labute approximate surface area is 145 Å². The Morgan fingerprint density at radius 1 is 0.880 bits per heavy atom. The van der Waals surface area contributed by atoms with E-state index in [1.165, 1.54) is 0 Å². The lowest BCUT2D eigenvalue weighted by Crippen LogP contribution is -2.24. The lowest BCUT2D eigenvalue weighted by atomic mass is 10.1. The fraction of sp³-hybridized carbons (Fsp3) is 0.167. The van der Waals surface area contributed by atoms with E-state index in [1.807, 2.05) is 0 Å². The Morgan fingerprint density at radius 2 is 1.52 bits per heavy atom. The molecule has 0 aliphatic rings. The summed E-state index contributed by atoms with van der Waals surface area (Å²) < 4.78 is 0. The van der Waals surface area contributed by atoms with Gasteiger partial charge in [-0.15, -0.1) is 0 Å². The number of rotatable bonds is 7. The summed E-state index contributed by atoms with van der Waals surface area (Å²) in [5.74, 6) is -0.973. The van der Waals surface area contributed by atoms with E-state index in [1.54, 1.807) is 55.5 Å². The van der Waals surface area contributed by atoms with Crippen LogP contribution in [0.3, 0.4) is 0 Å². The maximum Gasteiger partial charge on any atom is 0.250 e. The number of hydrogen-bond acceptors (Lipinski definition) is 4. The molecule has 25 heavy (non-hydrogen) atoms. The van der Waals surface area contributed by atoms with E-state index in [0.29, 0.717) is 17.8 Å². The standard InChI is InChI=1S/C18H20N4O3/c1-2-16(23)21-13-9-7-12(8-10-13)20-11-17(24)22-15-6-4-3-5-14(15)18(19)25/h3-10,20H,2,11H2,1H3,(H2,19,25)(H,21,23)(H,22,24). The molecule has 0 aromatic heterocycles. The van der Waals surface area contributed by atoms with E-state index in [4.69, 9.17) is 5.73 Å². The summed E-state index contributed by atoms with van der Waals surface area (Å²) in [4.78, 5) is 34.7. The number of nitrogens with two attached hydrogens (primary N) is 1. The van der Waals surface area contributed by atoms with Crippen molar-refractivity contribution in [1.82, 2.24) is 0 Å². The van der Waals surface area contributed by atoms with Crippen LogP contribution in [0.25, 0.3) is 0 Å². The molecular weight excluding hydrogens is 320 g/mol. The molecule has 5 N–H and O–H groups in total. The minimum Gasteiger partial charge on any atom is -0.376 e. The molecule has 0 fully saturated rings. The number of amides is 3. The van der Waals surface area contributed by atoms with Crippen LogP contribution in [-0.4, -0.2) is 24.3 Å². The first-order chi connectivity index (χ1) is 12.0. The number of hydrogen-bond donors (Lipinski definition) is 4. The molecule has 0 bridgehead atoms. The Bertz CT molecular complexity index is 772. The van der Waals surface area contributed by atoms with Gasteiger partial charge in [-0.3, -0.25) is 14.4 Å². The number of nitrogens with one attached hydrogen (secondary N) is 3. The van der Waals surface area contributed by atoms with Crippen molar-refractivity contribution in [3.8, 4) is 0 Å². The fourth-order valence-electron chi connectivity index (χ4n) is 2.10. The highest BCUT2D eigenvalue weighted by molar-refractivity contribution is 6.03. The van der Waals surface area contributed by atoms with Crippen LogP contribution in [0.4, 0.5) is 17.1 Å². The molecule has 0 aliphatic carbocycles. The molecule has 0 saturated carbocycles. The first kappa shape index (κ1) is 18.0. The molecule has 0 unspecified atom stereocenters. The molecule has 0 radical (unpaired) electrons. The molecule has 2 aromatic carbocycles. The van der Waals surface area contributed by atoms with Gasteiger partial charge in [0, 0.05) is 17.8 Å². The zero-order valence-electron chi connectivity index (χ0n) is 13.8. The van der Waals surface area contributed by atoms with E-state index in [9.17, 15) is 14.4 Å². The summed E-state index contributed by atoms with van der Waals surface area (Å²) in [7, 11) is 0. The Balaban J connectivity index is 1.90. The number of benzene rings is 2. The van der Waals surface area contributed by atoms with E-state index in [-0.39, 0.29) is 23.9 Å². The van der Waals surface area contributed by atoms with Gasteiger partial charge in [0.2, 0.25) is 11.8 Å². The predicted octanol–water partition coefficient (Wildman–Crippen LogP) is 2.18. The molecule has 130 valence electrons. The summed E-state index contributed by atoms with van der Waals surface area (Å²) in [6, 6.07) is 13.6. The maximum absolute atomic E-state index is 12.0. The van der Waals surface area contributed by atoms with Gasteiger partial charge >= 0.3 is 0 Å². The third-order valence-corrected chi connectivity index (χ3v) is 3.41. The second kappa shape index (κ2) is 8.49. The highest BCUT2D eigenvalue weighted by atomic mass is 16.2. The lowest BCUT2D eigenvalue weighted by molar-refractivity contribution is -0.116. The summed E-state index contributed by atoms with van der Waals surface area (Å²) in [6.45, 7) is 1.80. The van der Waals surface area contributed by atoms with Crippen LogP contribution in [-0.2, 0) is 9.59 Å². The van der Waals surface area contributed by atoms with E-state index >= 15 is 0 Å². The van der Waals surface area contributed by atoms with E-state index in [2.05, 4.69) is 16.0 Å². The molecule has 0 heterocycles. The number of carbonyl (C=O) groups excluding carboxylic acids is 3. The van der Waals surface area contributed by atoms with Gasteiger partial charge in [0.05, 0.1) is 17.8 Å². The summed E-state index contributed by atoms with van der Waals surface area (Å²) in [5, 5.41) is 8.36. The quantitative estimate of drug-likeness (QED) is 0.618. The van der Waals surface area contributed by atoms with Crippen molar-refractivity contribution in [2.75, 3.05) is 22.5 Å². The van der Waals surface area contributed by atoms with Crippen LogP contribution in [0.15, 0.2) is 48.5 Å². The first-order valence-electron chi connectivity index (χ1n) is 7.82. The molecule has 7 heteroatoms. The fourth-order valence-corrected chi connectivity index (χ4v) is 2.10. The van der Waals surface area contributed by atoms with E-state index in [0.717, 1.165) is 5.69 Å². The van der Waals surface area contributed by atoms with Gasteiger partial charge < -0.3 is 21.7 Å². The Morgan fingerprint density at radius 3 is 2.16 bits per heavy atom. The monoisotopic (exact) mass is 340 g/mol. The predicted molar refractivity (Wildman–Crippen MR) is 97.4 cm³/mol. The van der Waals surface area contributed by atoms with Crippen LogP contribution < -0.4 is 21.7 Å². The van der Waals surface area contributed by atoms with Crippen LogP contribution in [0.1, 0.15) is 23.7 Å². The lowest BCUT2D eigenvalue weighted by Gasteiger charge is -2.11. The number of para-hydroxylation sites is 1. The third kappa shape index (κ3) is 5.35. The van der Waals surface area contributed by atoms with Gasteiger partial charge in [0.25, 0.3) is 5.91 Å². The van der Waals surface area contributed by atoms with Gasteiger partial charge in [-0.25, -0.2) is 0 Å². The number of primary amides is 1. The topological polar surface area (TPSA) is 113 Å². The largest absolute Gasteiger partial charge is 0.376 e. The molecule has 2 aromatic rings. The first-order valence-corrected chi connectivity index (χ1v) is 7.82. The molecular formula is C18H20N4O3. The summed E-state index contributed by atoms with van der Waals surface area (Å²) in [5.41, 5.74) is 7.33. The van der Waals surface area contributed by atoms with Gasteiger partial charge in [0.1, 0.15) is 0 Å². The second-order valence-electron chi connectivity index (χ2n) is 5.29. The second-order valence-corrected chi connectivity index (χ2v) is 5.29. The van der Waals surface area contributed by atoms with Crippen molar-refractivity contribution in [2.45, 2.75) is 13.3 Å². The molecule has 3 amide bonds. The molecule has 0 saturated heterocycles. The maximum atomic E-state index is 12.0. The highest BCUT2D eigenvalue weighted by Gasteiger charge is 2.10. The Kier molecular flexibility index (Phi) is 6.11. The van der Waals surface area contributed by atoms with Gasteiger partial charge in [-0.2, -0.15) is 0 Å². The number of anilines is 3. The summed E-state index contributed by atoms with van der Waals surface area (Å²) in [6.07, 6.45) is 0.410. The van der Waals surface area contributed by atoms with Crippen LogP contribution in [0.2, 0.25) is 0 Å². The molecule has 0 spiro atoms. The minimum atomic E-state index is -0.603. The average Bonchev–Trinajstić information content (AvgIpc) is 2.61. The zero-order chi connectivity index (χ0) is 18.2. The molecule has 0 atom stereocenters. The van der Waals surface area contributed by atoms with Crippen molar-refractivity contribution in [1.29, 1.82) is 0 Å². The van der Waals surface area contributed by atoms with Crippen molar-refractivity contribution < 1.29 is 14.4 Å². The normalized spacial score (nSPS) is 9.96. The van der Waals surface area contributed by atoms with Crippen LogP contribution in [0, 0.1) is 0 Å². The van der Waals surface area contributed by atoms with Crippen LogP contribution >= 0.6 is 0 Å². The summed E-state index contributed by atoms with van der Waals surface area (Å²) >= 11 is 0. The van der Waals surface area contributed by atoms with Crippen LogP contribution in [0.5, 0.6) is 0 Å². The minimum absolute atomic E-state index is 0.0216. The van der Waals surface area contributed by atoms with Crippen molar-refractivity contribution in [3.63, 3.8) is 0 Å². The van der Waals surface area contributed by atoms with Crippen molar-refractivity contribution in [3.05, 3.63) is 54.1 Å². The van der Waals surface area contributed by atoms with E-state index < -0.39 is 5.91 Å². The van der Waals surface area contributed by atoms with Gasteiger partial charge in [0.15, 0.2) is 0 Å². The zero-order valence-corrected chi connectivity index (χ0v) is 13.8. The average molecular weight is 340 g/mol. The van der Waals surface area contributed by atoms with Gasteiger partial charge in [-0.05, 0) is 36.4 Å². The smallest absolute Gasteiger partial charge is 0.250 e. The number of carbonyl (C=O) groups is 3. The molecule has 2 rings (SSSR count).